The van der Waals surface area contributed by atoms with Crippen LogP contribution >= 0.6 is 0 Å². The maximum atomic E-state index is 13.7. The summed E-state index contributed by atoms with van der Waals surface area (Å²) in [4.78, 5) is 16.6. The van der Waals surface area contributed by atoms with Crippen LogP contribution in [0, 0.1) is 5.82 Å². The second-order valence-corrected chi connectivity index (χ2v) is 6.55. The number of hydrogen-bond donors (Lipinski definition) is 0. The zero-order chi connectivity index (χ0) is 18.4. The molecule has 1 aliphatic heterocycles. The molecule has 0 unspecified atom stereocenters. The molecule has 1 aliphatic rings. The third-order valence-corrected chi connectivity index (χ3v) is 4.91. The summed E-state index contributed by atoms with van der Waals surface area (Å²) >= 11 is 0. The Morgan fingerprint density at radius 3 is 2.35 bits per heavy atom. The van der Waals surface area contributed by atoms with Crippen LogP contribution < -0.4 is 4.74 Å². The number of halogens is 1. The molecule has 5 heteroatoms. The Kier molecular flexibility index (Phi) is 6.23. The van der Waals surface area contributed by atoms with Crippen LogP contribution in [0.2, 0.25) is 0 Å². The van der Waals surface area contributed by atoms with Crippen LogP contribution in [0.15, 0.2) is 48.5 Å². The van der Waals surface area contributed by atoms with Crippen LogP contribution in [0.25, 0.3) is 0 Å². The van der Waals surface area contributed by atoms with Crippen LogP contribution in [0.4, 0.5) is 4.39 Å². The third kappa shape index (κ3) is 4.61. The third-order valence-electron chi connectivity index (χ3n) is 4.91. The van der Waals surface area contributed by atoms with Gasteiger partial charge in [0.2, 0.25) is 5.91 Å². The number of benzene rings is 2. The molecule has 0 radical (unpaired) electrons. The summed E-state index contributed by atoms with van der Waals surface area (Å²) in [6.07, 6.45) is 1.06. The molecule has 26 heavy (non-hydrogen) atoms. The Morgan fingerprint density at radius 2 is 1.65 bits per heavy atom. The Labute approximate surface area is 154 Å². The van der Waals surface area contributed by atoms with E-state index in [1.165, 1.54) is 11.6 Å². The first-order chi connectivity index (χ1) is 12.7. The van der Waals surface area contributed by atoms with E-state index in [2.05, 4.69) is 11.0 Å². The van der Waals surface area contributed by atoms with Crippen molar-refractivity contribution < 1.29 is 13.9 Å². The second-order valence-electron chi connectivity index (χ2n) is 6.55. The molecule has 1 heterocycles. The lowest BCUT2D eigenvalue weighted by Gasteiger charge is -2.35. The van der Waals surface area contributed by atoms with E-state index in [1.807, 2.05) is 23.1 Å². The van der Waals surface area contributed by atoms with Gasteiger partial charge in [-0.2, -0.15) is 0 Å². The SMILES string of the molecule is COc1ccccc1CCN1CCN(C(=O)Cc2ccccc2F)CC1. The van der Waals surface area contributed by atoms with Gasteiger partial charge < -0.3 is 9.64 Å². The van der Waals surface area contributed by atoms with Gasteiger partial charge in [-0.1, -0.05) is 36.4 Å². The van der Waals surface area contributed by atoms with Crippen LogP contribution in [0.5, 0.6) is 5.75 Å². The Hall–Kier alpha value is -2.40. The summed E-state index contributed by atoms with van der Waals surface area (Å²) in [5.74, 6) is 0.613. The van der Waals surface area contributed by atoms with Gasteiger partial charge in [0.25, 0.3) is 0 Å². The number of carbonyl (C=O) groups excluding carboxylic acids is 1. The average molecular weight is 356 g/mol. The normalized spacial score (nSPS) is 15.1. The van der Waals surface area contributed by atoms with E-state index < -0.39 is 0 Å². The lowest BCUT2D eigenvalue weighted by Crippen LogP contribution is -2.49. The van der Waals surface area contributed by atoms with Crippen molar-refractivity contribution in [2.45, 2.75) is 12.8 Å². The van der Waals surface area contributed by atoms with Crippen molar-refractivity contribution in [1.82, 2.24) is 9.80 Å². The Morgan fingerprint density at radius 1 is 1.00 bits per heavy atom. The van der Waals surface area contributed by atoms with Crippen molar-refractivity contribution >= 4 is 5.91 Å². The summed E-state index contributed by atoms with van der Waals surface area (Å²) in [5.41, 5.74) is 1.67. The fraction of sp³-hybridized carbons (Fsp3) is 0.381. The topological polar surface area (TPSA) is 32.8 Å². The maximum Gasteiger partial charge on any atom is 0.227 e. The highest BCUT2D eigenvalue weighted by atomic mass is 19.1. The van der Waals surface area contributed by atoms with Gasteiger partial charge in [-0.05, 0) is 29.7 Å². The highest BCUT2D eigenvalue weighted by molar-refractivity contribution is 5.79. The smallest absolute Gasteiger partial charge is 0.227 e. The molecule has 4 nitrogen and oxygen atoms in total. The minimum absolute atomic E-state index is 0.000483. The van der Waals surface area contributed by atoms with Crippen molar-refractivity contribution in [1.29, 1.82) is 0 Å². The van der Waals surface area contributed by atoms with E-state index in [0.717, 1.165) is 31.8 Å². The summed E-state index contributed by atoms with van der Waals surface area (Å²) in [6.45, 7) is 4.02. The zero-order valence-corrected chi connectivity index (χ0v) is 15.2. The first-order valence-electron chi connectivity index (χ1n) is 9.03. The Bertz CT molecular complexity index is 742. The van der Waals surface area contributed by atoms with E-state index >= 15 is 0 Å². The molecule has 0 spiro atoms. The average Bonchev–Trinajstić information content (AvgIpc) is 2.68. The van der Waals surface area contributed by atoms with Gasteiger partial charge in [0.05, 0.1) is 13.5 Å². The molecule has 0 atom stereocenters. The molecule has 0 saturated carbocycles. The second kappa shape index (κ2) is 8.81. The van der Waals surface area contributed by atoms with Crippen LogP contribution in [0.1, 0.15) is 11.1 Å². The van der Waals surface area contributed by atoms with Crippen molar-refractivity contribution in [2.24, 2.45) is 0 Å². The van der Waals surface area contributed by atoms with Crippen molar-refractivity contribution in [3.63, 3.8) is 0 Å². The van der Waals surface area contributed by atoms with E-state index in [0.29, 0.717) is 18.7 Å². The molecule has 0 N–H and O–H groups in total. The minimum Gasteiger partial charge on any atom is -0.496 e. The highest BCUT2D eigenvalue weighted by Gasteiger charge is 2.21. The molecule has 1 saturated heterocycles. The van der Waals surface area contributed by atoms with Crippen molar-refractivity contribution in [3.8, 4) is 5.75 Å². The lowest BCUT2D eigenvalue weighted by atomic mass is 10.1. The van der Waals surface area contributed by atoms with Gasteiger partial charge >= 0.3 is 0 Å². The first-order valence-corrected chi connectivity index (χ1v) is 9.03. The molecular weight excluding hydrogens is 331 g/mol. The number of rotatable bonds is 6. The summed E-state index contributed by atoms with van der Waals surface area (Å²) in [6, 6.07) is 14.6. The minimum atomic E-state index is -0.309. The van der Waals surface area contributed by atoms with Gasteiger partial charge in [0.15, 0.2) is 0 Å². The van der Waals surface area contributed by atoms with Crippen LogP contribution in [-0.2, 0) is 17.6 Å². The molecule has 0 aromatic heterocycles. The molecule has 1 amide bonds. The lowest BCUT2D eigenvalue weighted by molar-refractivity contribution is -0.132. The van der Waals surface area contributed by atoms with Gasteiger partial charge in [-0.25, -0.2) is 4.39 Å². The van der Waals surface area contributed by atoms with Crippen molar-refractivity contribution in [3.05, 3.63) is 65.5 Å². The molecule has 0 bridgehead atoms. The molecule has 138 valence electrons. The van der Waals surface area contributed by atoms with Gasteiger partial charge in [-0.15, -0.1) is 0 Å². The fourth-order valence-corrected chi connectivity index (χ4v) is 3.33. The Balaban J connectivity index is 1.47. The van der Waals surface area contributed by atoms with Crippen molar-refractivity contribution in [2.75, 3.05) is 39.8 Å². The molecular formula is C21H25FN2O2. The highest BCUT2D eigenvalue weighted by Crippen LogP contribution is 2.18. The molecule has 2 aromatic rings. The predicted molar refractivity (Wildman–Crippen MR) is 99.8 cm³/mol. The van der Waals surface area contributed by atoms with Gasteiger partial charge in [0, 0.05) is 32.7 Å². The van der Waals surface area contributed by atoms with Crippen LogP contribution in [0.3, 0.4) is 0 Å². The fourth-order valence-electron chi connectivity index (χ4n) is 3.33. The summed E-state index contributed by atoms with van der Waals surface area (Å²) in [5, 5.41) is 0. The zero-order valence-electron chi connectivity index (χ0n) is 15.2. The number of methoxy groups -OCH3 is 1. The van der Waals surface area contributed by atoms with E-state index in [9.17, 15) is 9.18 Å². The summed E-state index contributed by atoms with van der Waals surface area (Å²) in [7, 11) is 1.69. The number of para-hydroxylation sites is 1. The number of carbonyl (C=O) groups is 1. The predicted octanol–water partition coefficient (Wildman–Crippen LogP) is 2.76. The molecule has 3 rings (SSSR count). The van der Waals surface area contributed by atoms with Gasteiger partial charge in [0.1, 0.15) is 11.6 Å². The maximum absolute atomic E-state index is 13.7. The van der Waals surface area contributed by atoms with Gasteiger partial charge in [-0.3, -0.25) is 9.69 Å². The standard InChI is InChI=1S/C21H25FN2O2/c1-26-20-9-5-3-6-17(20)10-11-23-12-14-24(15-13-23)21(25)16-18-7-2-4-8-19(18)22/h2-9H,10-16H2,1H3. The number of amides is 1. The van der Waals surface area contributed by atoms with E-state index in [1.54, 1.807) is 25.3 Å². The monoisotopic (exact) mass is 356 g/mol. The molecule has 0 aliphatic carbocycles. The van der Waals surface area contributed by atoms with E-state index in [-0.39, 0.29) is 18.1 Å². The number of ether oxygens (including phenoxy) is 1. The number of nitrogens with zero attached hydrogens (tertiary/aromatic N) is 2. The first kappa shape index (κ1) is 18.4. The van der Waals surface area contributed by atoms with Crippen LogP contribution in [-0.4, -0.2) is 55.5 Å². The number of hydrogen-bond acceptors (Lipinski definition) is 3. The van der Waals surface area contributed by atoms with E-state index in [4.69, 9.17) is 4.74 Å². The summed E-state index contributed by atoms with van der Waals surface area (Å²) < 4.78 is 19.1. The molecule has 2 aromatic carbocycles. The largest absolute Gasteiger partial charge is 0.496 e. The molecule has 1 fully saturated rings. The quantitative estimate of drug-likeness (QED) is 0.798. The number of piperazine rings is 1.